The van der Waals surface area contributed by atoms with Gasteiger partial charge in [-0.3, -0.25) is 9.79 Å². The summed E-state index contributed by atoms with van der Waals surface area (Å²) in [6.45, 7) is 3.42. The monoisotopic (exact) mass is 542 g/mol. The van der Waals surface area contributed by atoms with Gasteiger partial charge >= 0.3 is 0 Å². The molecule has 1 saturated heterocycles. The minimum Gasteiger partial charge on any atom is -0.378 e. The Morgan fingerprint density at radius 3 is 2.43 bits per heavy atom. The van der Waals surface area contributed by atoms with Crippen molar-refractivity contribution in [2.75, 3.05) is 39.9 Å². The Morgan fingerprint density at radius 1 is 1.10 bits per heavy atom. The molecule has 1 fully saturated rings. The van der Waals surface area contributed by atoms with E-state index in [-0.39, 0.29) is 35.8 Å². The molecule has 162 valence electrons. The molecule has 30 heavy (non-hydrogen) atoms. The predicted molar refractivity (Wildman–Crippen MR) is 132 cm³/mol. The van der Waals surface area contributed by atoms with E-state index in [2.05, 4.69) is 15.6 Å². The summed E-state index contributed by atoms with van der Waals surface area (Å²) in [4.78, 5) is 19.3. The highest BCUT2D eigenvalue weighted by atomic mass is 127. The summed E-state index contributed by atoms with van der Waals surface area (Å²) in [6.07, 6.45) is 0. The Kier molecular flexibility index (Phi) is 10.4. The highest BCUT2D eigenvalue weighted by Gasteiger charge is 2.27. The fraction of sp³-hybridized carbons (Fsp3) is 0.364. The van der Waals surface area contributed by atoms with Gasteiger partial charge in [-0.2, -0.15) is 0 Å². The summed E-state index contributed by atoms with van der Waals surface area (Å²) in [5.74, 6) is 0.433. The molecule has 2 aromatic rings. The van der Waals surface area contributed by atoms with Gasteiger partial charge in [-0.15, -0.1) is 24.0 Å². The van der Waals surface area contributed by atoms with Crippen LogP contribution in [-0.2, 0) is 16.1 Å². The number of hydrogen-bond donors (Lipinski definition) is 2. The van der Waals surface area contributed by atoms with Gasteiger partial charge in [-0.1, -0.05) is 60.1 Å². The lowest BCUT2D eigenvalue weighted by Crippen LogP contribution is -2.47. The minimum absolute atomic E-state index is 0. The molecule has 0 spiro atoms. The zero-order valence-electron chi connectivity index (χ0n) is 17.0. The number of aliphatic imine (C=N–C) groups is 1. The van der Waals surface area contributed by atoms with E-state index in [9.17, 15) is 4.79 Å². The van der Waals surface area contributed by atoms with Crippen molar-refractivity contribution in [2.45, 2.75) is 12.5 Å². The third kappa shape index (κ3) is 6.85. The third-order valence-corrected chi connectivity index (χ3v) is 5.29. The van der Waals surface area contributed by atoms with Gasteiger partial charge in [0.1, 0.15) is 0 Å². The van der Waals surface area contributed by atoms with E-state index in [1.807, 2.05) is 59.5 Å². The molecule has 1 amide bonds. The van der Waals surface area contributed by atoms with Gasteiger partial charge < -0.3 is 20.3 Å². The van der Waals surface area contributed by atoms with Gasteiger partial charge in [0.05, 0.1) is 19.1 Å². The van der Waals surface area contributed by atoms with E-state index in [0.29, 0.717) is 50.4 Å². The van der Waals surface area contributed by atoms with Crippen LogP contribution in [0.5, 0.6) is 0 Å². The first kappa shape index (κ1) is 24.4. The van der Waals surface area contributed by atoms with Gasteiger partial charge in [-0.25, -0.2) is 0 Å². The number of amides is 1. The van der Waals surface area contributed by atoms with E-state index >= 15 is 0 Å². The van der Waals surface area contributed by atoms with E-state index in [4.69, 9.17) is 16.3 Å². The molecular weight excluding hydrogens is 515 g/mol. The summed E-state index contributed by atoms with van der Waals surface area (Å²) in [5.41, 5.74) is 1.97. The fourth-order valence-corrected chi connectivity index (χ4v) is 3.48. The Hall–Kier alpha value is -1.84. The van der Waals surface area contributed by atoms with Crippen molar-refractivity contribution in [3.63, 3.8) is 0 Å². The van der Waals surface area contributed by atoms with E-state index in [1.54, 1.807) is 7.05 Å². The molecule has 1 unspecified atom stereocenters. The van der Waals surface area contributed by atoms with Crippen molar-refractivity contribution in [1.82, 2.24) is 15.5 Å². The van der Waals surface area contributed by atoms with Gasteiger partial charge in [0.25, 0.3) is 0 Å². The highest BCUT2D eigenvalue weighted by Crippen LogP contribution is 2.19. The smallest absolute Gasteiger partial charge is 0.232 e. The van der Waals surface area contributed by atoms with Gasteiger partial charge in [-0.05, 0) is 17.2 Å². The standard InChI is InChI=1S/C22H27ClN4O2.HI/c1-24-22(25-15-18-9-5-6-10-20(18)23)26-16-19(17-7-3-2-4-8-17)21(28)27-11-13-29-14-12-27;/h2-10,19H,11-16H2,1H3,(H2,24,25,26);1H. The number of nitrogens with zero attached hydrogens (tertiary/aromatic N) is 2. The molecule has 0 radical (unpaired) electrons. The van der Waals surface area contributed by atoms with Crippen molar-refractivity contribution in [3.8, 4) is 0 Å². The van der Waals surface area contributed by atoms with Crippen LogP contribution in [0.2, 0.25) is 5.02 Å². The topological polar surface area (TPSA) is 66.0 Å². The van der Waals surface area contributed by atoms with Crippen LogP contribution in [0.3, 0.4) is 0 Å². The first-order valence-corrected chi connectivity index (χ1v) is 10.2. The second-order valence-corrected chi connectivity index (χ2v) is 7.21. The lowest BCUT2D eigenvalue weighted by Gasteiger charge is -2.31. The largest absolute Gasteiger partial charge is 0.378 e. The number of halogens is 2. The zero-order valence-corrected chi connectivity index (χ0v) is 20.1. The molecule has 3 rings (SSSR count). The lowest BCUT2D eigenvalue weighted by atomic mass is 9.97. The van der Waals surface area contributed by atoms with Crippen LogP contribution < -0.4 is 10.6 Å². The van der Waals surface area contributed by atoms with E-state index in [1.165, 1.54) is 0 Å². The Morgan fingerprint density at radius 2 is 1.77 bits per heavy atom. The van der Waals surface area contributed by atoms with Crippen molar-refractivity contribution in [2.24, 2.45) is 4.99 Å². The summed E-state index contributed by atoms with van der Waals surface area (Å²) in [6, 6.07) is 17.5. The van der Waals surface area contributed by atoms with Crippen molar-refractivity contribution < 1.29 is 9.53 Å². The molecule has 1 aliphatic rings. The Labute approximate surface area is 200 Å². The van der Waals surface area contributed by atoms with Crippen LogP contribution in [0.15, 0.2) is 59.6 Å². The molecule has 0 saturated carbocycles. The number of carbonyl (C=O) groups is 1. The molecule has 2 aromatic carbocycles. The van der Waals surface area contributed by atoms with Crippen LogP contribution in [-0.4, -0.2) is 56.7 Å². The molecule has 1 heterocycles. The second-order valence-electron chi connectivity index (χ2n) is 6.80. The number of hydrogen-bond acceptors (Lipinski definition) is 3. The maximum absolute atomic E-state index is 13.2. The third-order valence-electron chi connectivity index (χ3n) is 4.92. The summed E-state index contributed by atoms with van der Waals surface area (Å²) in [7, 11) is 1.71. The quantitative estimate of drug-likeness (QED) is 0.334. The maximum Gasteiger partial charge on any atom is 0.232 e. The number of carbonyl (C=O) groups excluding carboxylic acids is 1. The average molecular weight is 543 g/mol. The SMILES string of the molecule is CN=C(NCc1ccccc1Cl)NCC(C(=O)N1CCOCC1)c1ccccc1.I. The molecular formula is C22H28ClIN4O2. The van der Waals surface area contributed by atoms with Gasteiger partial charge in [0, 0.05) is 38.2 Å². The predicted octanol–water partition coefficient (Wildman–Crippen LogP) is 3.27. The molecule has 1 atom stereocenters. The Balaban J connectivity index is 0.00000320. The van der Waals surface area contributed by atoms with Crippen molar-refractivity contribution in [1.29, 1.82) is 0 Å². The average Bonchev–Trinajstić information content (AvgIpc) is 2.78. The summed E-state index contributed by atoms with van der Waals surface area (Å²) >= 11 is 6.23. The van der Waals surface area contributed by atoms with E-state index in [0.717, 1.165) is 11.1 Å². The number of guanidine groups is 1. The summed E-state index contributed by atoms with van der Waals surface area (Å²) in [5, 5.41) is 7.26. The lowest BCUT2D eigenvalue weighted by molar-refractivity contribution is -0.136. The van der Waals surface area contributed by atoms with Crippen molar-refractivity contribution in [3.05, 3.63) is 70.7 Å². The second kappa shape index (κ2) is 12.8. The van der Waals surface area contributed by atoms with Crippen molar-refractivity contribution >= 4 is 47.4 Å². The van der Waals surface area contributed by atoms with Gasteiger partial charge in [0.2, 0.25) is 5.91 Å². The molecule has 0 aromatic heterocycles. The first-order valence-electron chi connectivity index (χ1n) is 9.78. The zero-order chi connectivity index (χ0) is 20.5. The maximum atomic E-state index is 13.2. The molecule has 2 N–H and O–H groups in total. The summed E-state index contributed by atoms with van der Waals surface area (Å²) < 4.78 is 5.39. The minimum atomic E-state index is -0.298. The molecule has 8 heteroatoms. The van der Waals surface area contributed by atoms with Crippen LogP contribution in [0.1, 0.15) is 17.0 Å². The normalized spacial score (nSPS) is 15.1. The van der Waals surface area contributed by atoms with E-state index < -0.39 is 0 Å². The Bertz CT molecular complexity index is 829. The number of ether oxygens (including phenoxy) is 1. The number of benzene rings is 2. The van der Waals surface area contributed by atoms with Crippen LogP contribution in [0.4, 0.5) is 0 Å². The van der Waals surface area contributed by atoms with Gasteiger partial charge in [0.15, 0.2) is 5.96 Å². The van der Waals surface area contributed by atoms with Crippen LogP contribution in [0, 0.1) is 0 Å². The number of rotatable bonds is 6. The number of morpholine rings is 1. The first-order chi connectivity index (χ1) is 14.2. The van der Waals surface area contributed by atoms with Crippen LogP contribution >= 0.6 is 35.6 Å². The highest BCUT2D eigenvalue weighted by molar-refractivity contribution is 14.0. The molecule has 6 nitrogen and oxygen atoms in total. The number of nitrogens with one attached hydrogen (secondary N) is 2. The molecule has 0 aliphatic carbocycles. The molecule has 0 bridgehead atoms. The molecule has 1 aliphatic heterocycles. The fourth-order valence-electron chi connectivity index (χ4n) is 3.28. The van der Waals surface area contributed by atoms with Crippen LogP contribution in [0.25, 0.3) is 0 Å².